The molecule has 19 heavy (non-hydrogen) atoms. The Morgan fingerprint density at radius 1 is 1.37 bits per heavy atom. The third kappa shape index (κ3) is 2.73. The first-order valence-electron chi connectivity index (χ1n) is 5.65. The van der Waals surface area contributed by atoms with Crippen LogP contribution in [0.3, 0.4) is 0 Å². The first kappa shape index (κ1) is 13.5. The van der Waals surface area contributed by atoms with E-state index in [0.717, 1.165) is 5.56 Å². The number of thiocarbonyl (C=S) groups is 1. The number of ether oxygens (including phenoxy) is 1. The summed E-state index contributed by atoms with van der Waals surface area (Å²) in [6.07, 6.45) is 0. The fraction of sp³-hybridized carbons (Fsp3) is 0.231. The van der Waals surface area contributed by atoms with E-state index in [4.69, 9.17) is 17.0 Å². The van der Waals surface area contributed by atoms with Crippen LogP contribution in [0.1, 0.15) is 18.5 Å². The number of hydrogen-bond donors (Lipinski definition) is 2. The van der Waals surface area contributed by atoms with E-state index in [-0.39, 0.29) is 5.82 Å². The maximum Gasteiger partial charge on any atom is 0.337 e. The normalized spacial score (nSPS) is 18.7. The highest BCUT2D eigenvalue weighted by Gasteiger charge is 2.30. The van der Waals surface area contributed by atoms with Crippen LogP contribution in [0.15, 0.2) is 35.5 Å². The van der Waals surface area contributed by atoms with Crippen LogP contribution < -0.4 is 10.6 Å². The van der Waals surface area contributed by atoms with Crippen LogP contribution in [-0.4, -0.2) is 18.2 Å². The van der Waals surface area contributed by atoms with Gasteiger partial charge in [-0.15, -0.1) is 0 Å². The molecular formula is C13H13FN2O2S. The molecule has 2 rings (SSSR count). The van der Waals surface area contributed by atoms with Crippen LogP contribution in [0.25, 0.3) is 0 Å². The largest absolute Gasteiger partial charge is 0.466 e. The monoisotopic (exact) mass is 280 g/mol. The van der Waals surface area contributed by atoms with E-state index < -0.39 is 12.0 Å². The molecule has 4 nitrogen and oxygen atoms in total. The number of carbonyl (C=O) groups excluding carboxylic acids is 1. The first-order valence-corrected chi connectivity index (χ1v) is 6.06. The van der Waals surface area contributed by atoms with Gasteiger partial charge in [-0.1, -0.05) is 12.1 Å². The Bertz CT molecular complexity index is 554. The summed E-state index contributed by atoms with van der Waals surface area (Å²) in [5.74, 6) is -0.782. The Hall–Kier alpha value is -1.95. The molecule has 1 heterocycles. The molecule has 1 aromatic carbocycles. The second-order valence-electron chi connectivity index (χ2n) is 4.11. The zero-order valence-corrected chi connectivity index (χ0v) is 11.3. The molecule has 1 aliphatic rings. The lowest BCUT2D eigenvalue weighted by Gasteiger charge is -2.29. The van der Waals surface area contributed by atoms with Crippen molar-refractivity contribution in [3.8, 4) is 0 Å². The number of benzene rings is 1. The molecule has 0 unspecified atom stereocenters. The Kier molecular flexibility index (Phi) is 3.80. The SMILES string of the molecule is COC(=O)C1=C(C)NC(=S)N[C@H]1c1ccc(F)cc1. The molecule has 1 atom stereocenters. The second-order valence-corrected chi connectivity index (χ2v) is 4.52. The molecule has 1 aliphatic heterocycles. The fourth-order valence-corrected chi connectivity index (χ4v) is 2.25. The van der Waals surface area contributed by atoms with Gasteiger partial charge in [0.25, 0.3) is 0 Å². The maximum absolute atomic E-state index is 13.0. The van der Waals surface area contributed by atoms with E-state index in [9.17, 15) is 9.18 Å². The van der Waals surface area contributed by atoms with Crippen LogP contribution >= 0.6 is 12.2 Å². The molecule has 1 aromatic rings. The van der Waals surface area contributed by atoms with Crippen molar-refractivity contribution < 1.29 is 13.9 Å². The third-order valence-corrected chi connectivity index (χ3v) is 3.10. The Labute approximate surface area is 115 Å². The molecule has 0 saturated heterocycles. The minimum absolute atomic E-state index is 0.333. The summed E-state index contributed by atoms with van der Waals surface area (Å²) in [4.78, 5) is 11.9. The van der Waals surface area contributed by atoms with Crippen molar-refractivity contribution in [2.24, 2.45) is 0 Å². The summed E-state index contributed by atoms with van der Waals surface area (Å²) >= 11 is 5.08. The van der Waals surface area contributed by atoms with Gasteiger partial charge in [-0.2, -0.15) is 0 Å². The van der Waals surface area contributed by atoms with Gasteiger partial charge in [0.2, 0.25) is 0 Å². The maximum atomic E-state index is 13.0. The van der Waals surface area contributed by atoms with Crippen LogP contribution in [0.5, 0.6) is 0 Å². The second kappa shape index (κ2) is 5.36. The molecule has 0 amide bonds. The number of esters is 1. The molecular weight excluding hydrogens is 267 g/mol. The standard InChI is InChI=1S/C13H13FN2O2S/c1-7-10(12(17)18-2)11(16-13(19)15-7)8-3-5-9(14)6-4-8/h3-6,11H,1-2H3,(H2,15,16,19)/t11-/m0/s1. The van der Waals surface area contributed by atoms with Crippen molar-refractivity contribution in [3.05, 3.63) is 46.9 Å². The smallest absolute Gasteiger partial charge is 0.337 e. The van der Waals surface area contributed by atoms with Gasteiger partial charge in [-0.05, 0) is 36.8 Å². The average Bonchev–Trinajstić information content (AvgIpc) is 2.38. The molecule has 6 heteroatoms. The first-order chi connectivity index (χ1) is 9.02. The summed E-state index contributed by atoms with van der Waals surface area (Å²) < 4.78 is 17.7. The number of halogens is 1. The predicted octanol–water partition coefficient (Wildman–Crippen LogP) is 1.79. The highest BCUT2D eigenvalue weighted by molar-refractivity contribution is 7.80. The van der Waals surface area contributed by atoms with Gasteiger partial charge >= 0.3 is 5.97 Å². The Balaban J connectivity index is 2.46. The van der Waals surface area contributed by atoms with Gasteiger partial charge in [-0.25, -0.2) is 9.18 Å². The minimum Gasteiger partial charge on any atom is -0.466 e. The summed E-state index contributed by atoms with van der Waals surface area (Å²) in [6, 6.07) is 5.45. The highest BCUT2D eigenvalue weighted by atomic mass is 32.1. The summed E-state index contributed by atoms with van der Waals surface area (Å²) in [7, 11) is 1.32. The van der Waals surface area contributed by atoms with E-state index >= 15 is 0 Å². The number of allylic oxidation sites excluding steroid dienone is 1. The van der Waals surface area contributed by atoms with E-state index in [1.807, 2.05) is 0 Å². The molecule has 0 saturated carbocycles. The molecule has 0 bridgehead atoms. The van der Waals surface area contributed by atoms with Gasteiger partial charge in [0.15, 0.2) is 5.11 Å². The van der Waals surface area contributed by atoms with Crippen LogP contribution in [0, 0.1) is 5.82 Å². The molecule has 0 radical (unpaired) electrons. The lowest BCUT2D eigenvalue weighted by Crippen LogP contribution is -2.45. The number of methoxy groups -OCH3 is 1. The predicted molar refractivity (Wildman–Crippen MR) is 72.7 cm³/mol. The van der Waals surface area contributed by atoms with Crippen molar-refractivity contribution in [1.82, 2.24) is 10.6 Å². The van der Waals surface area contributed by atoms with E-state index in [2.05, 4.69) is 10.6 Å². The zero-order valence-electron chi connectivity index (χ0n) is 10.5. The van der Waals surface area contributed by atoms with Crippen LogP contribution in [0.2, 0.25) is 0 Å². The van der Waals surface area contributed by atoms with Gasteiger partial charge in [-0.3, -0.25) is 0 Å². The van der Waals surface area contributed by atoms with Crippen molar-refractivity contribution in [2.45, 2.75) is 13.0 Å². The van der Waals surface area contributed by atoms with E-state index in [0.29, 0.717) is 16.4 Å². The summed E-state index contributed by atoms with van der Waals surface area (Å²) in [5.41, 5.74) is 1.80. The van der Waals surface area contributed by atoms with Gasteiger partial charge in [0.1, 0.15) is 5.82 Å². The summed E-state index contributed by atoms with van der Waals surface area (Å²) in [6.45, 7) is 1.75. The van der Waals surface area contributed by atoms with E-state index in [1.165, 1.54) is 19.2 Å². The minimum atomic E-state index is -0.450. The third-order valence-electron chi connectivity index (χ3n) is 2.88. The van der Waals surface area contributed by atoms with Crippen molar-refractivity contribution in [1.29, 1.82) is 0 Å². The molecule has 2 N–H and O–H groups in total. The van der Waals surface area contributed by atoms with Gasteiger partial charge in [0, 0.05) is 5.70 Å². The summed E-state index contributed by atoms with van der Waals surface area (Å²) in [5, 5.41) is 6.28. The topological polar surface area (TPSA) is 50.4 Å². The number of nitrogens with one attached hydrogen (secondary N) is 2. The Morgan fingerprint density at radius 2 is 2.00 bits per heavy atom. The van der Waals surface area contributed by atoms with Gasteiger partial charge < -0.3 is 15.4 Å². The van der Waals surface area contributed by atoms with Gasteiger partial charge in [0.05, 0.1) is 18.7 Å². The zero-order chi connectivity index (χ0) is 14.0. The highest BCUT2D eigenvalue weighted by Crippen LogP contribution is 2.27. The molecule has 0 aliphatic carbocycles. The Morgan fingerprint density at radius 3 is 2.58 bits per heavy atom. The van der Waals surface area contributed by atoms with Crippen molar-refractivity contribution in [3.63, 3.8) is 0 Å². The average molecular weight is 280 g/mol. The number of carbonyl (C=O) groups is 1. The van der Waals surface area contributed by atoms with Crippen LogP contribution in [-0.2, 0) is 9.53 Å². The van der Waals surface area contributed by atoms with E-state index in [1.54, 1.807) is 19.1 Å². The quantitative estimate of drug-likeness (QED) is 0.639. The fourth-order valence-electron chi connectivity index (χ4n) is 1.98. The lowest BCUT2D eigenvalue weighted by molar-refractivity contribution is -0.136. The molecule has 0 spiro atoms. The molecule has 100 valence electrons. The van der Waals surface area contributed by atoms with Crippen molar-refractivity contribution in [2.75, 3.05) is 7.11 Å². The molecule has 0 aromatic heterocycles. The van der Waals surface area contributed by atoms with Crippen molar-refractivity contribution >= 4 is 23.3 Å². The molecule has 0 fully saturated rings. The number of rotatable bonds is 2. The number of hydrogen-bond acceptors (Lipinski definition) is 3. The van der Waals surface area contributed by atoms with Crippen LogP contribution in [0.4, 0.5) is 4.39 Å². The lowest BCUT2D eigenvalue weighted by atomic mass is 9.96.